The van der Waals surface area contributed by atoms with Gasteiger partial charge in [0.05, 0.1) is 23.0 Å². The van der Waals surface area contributed by atoms with Crippen molar-refractivity contribution in [3.8, 4) is 0 Å². The maximum atomic E-state index is 12.3. The SMILES string of the molecule is CC1=C(C(N)=O)[C@@H](c2ccccc2)N2C(c3ccc(C)cc3)=CSC2=N1. The number of amidine groups is 1. The third kappa shape index (κ3) is 2.74. The number of benzene rings is 2. The van der Waals surface area contributed by atoms with Crippen LogP contribution in [-0.2, 0) is 4.79 Å². The minimum Gasteiger partial charge on any atom is -0.366 e. The number of aryl methyl sites for hydroxylation is 1. The number of allylic oxidation sites excluding steroid dienone is 1. The number of hydrogen-bond acceptors (Lipinski definition) is 4. The molecule has 0 saturated carbocycles. The number of fused-ring (bicyclic) bond motifs is 1. The molecule has 5 heteroatoms. The fourth-order valence-electron chi connectivity index (χ4n) is 3.38. The summed E-state index contributed by atoms with van der Waals surface area (Å²) in [4.78, 5) is 19.0. The molecule has 0 spiro atoms. The Bertz CT molecular complexity index is 959. The molecule has 0 unspecified atom stereocenters. The number of amides is 1. The molecule has 2 N–H and O–H groups in total. The van der Waals surface area contributed by atoms with Gasteiger partial charge in [0.25, 0.3) is 0 Å². The highest BCUT2D eigenvalue weighted by Gasteiger charge is 2.39. The van der Waals surface area contributed by atoms with Crippen molar-refractivity contribution in [2.75, 3.05) is 0 Å². The quantitative estimate of drug-likeness (QED) is 0.891. The van der Waals surface area contributed by atoms with E-state index in [2.05, 4.69) is 46.5 Å². The van der Waals surface area contributed by atoms with Crippen molar-refractivity contribution in [1.29, 1.82) is 0 Å². The topological polar surface area (TPSA) is 58.7 Å². The molecule has 1 amide bonds. The number of nitrogens with two attached hydrogens (primary N) is 1. The van der Waals surface area contributed by atoms with Gasteiger partial charge in [0.15, 0.2) is 5.17 Å². The summed E-state index contributed by atoms with van der Waals surface area (Å²) in [6.45, 7) is 3.92. The predicted octanol–water partition coefficient (Wildman–Crippen LogP) is 4.21. The zero-order chi connectivity index (χ0) is 18.3. The van der Waals surface area contributed by atoms with Gasteiger partial charge in [0, 0.05) is 5.41 Å². The van der Waals surface area contributed by atoms with E-state index < -0.39 is 5.91 Å². The third-order valence-electron chi connectivity index (χ3n) is 4.65. The van der Waals surface area contributed by atoms with Gasteiger partial charge in [-0.05, 0) is 25.0 Å². The highest BCUT2D eigenvalue weighted by Crippen LogP contribution is 2.46. The van der Waals surface area contributed by atoms with Crippen molar-refractivity contribution in [3.05, 3.63) is 88.0 Å². The summed E-state index contributed by atoms with van der Waals surface area (Å²) in [6, 6.07) is 18.1. The number of primary amides is 1. The molecule has 0 bridgehead atoms. The standard InChI is InChI=1S/C21H19N3OS/c1-13-8-10-15(11-9-13)17-12-26-21-23-14(2)18(20(22)25)19(24(17)21)16-6-4-3-5-7-16/h3-12,19H,1-2H3,(H2,22,25)/t19-/m1/s1. The summed E-state index contributed by atoms with van der Waals surface area (Å²) < 4.78 is 0. The molecule has 0 saturated heterocycles. The molecule has 1 atom stereocenters. The summed E-state index contributed by atoms with van der Waals surface area (Å²) in [5, 5.41) is 2.97. The Kier molecular flexibility index (Phi) is 4.17. The van der Waals surface area contributed by atoms with Crippen molar-refractivity contribution in [1.82, 2.24) is 4.90 Å². The van der Waals surface area contributed by atoms with E-state index in [1.807, 2.05) is 37.3 Å². The molecule has 0 radical (unpaired) electrons. The van der Waals surface area contributed by atoms with Crippen LogP contribution in [0.15, 0.2) is 76.3 Å². The van der Waals surface area contributed by atoms with E-state index in [0.717, 1.165) is 22.0 Å². The van der Waals surface area contributed by atoms with Gasteiger partial charge in [0.2, 0.25) is 5.91 Å². The number of aliphatic imine (C=N–C) groups is 1. The maximum absolute atomic E-state index is 12.3. The number of rotatable bonds is 3. The second-order valence-corrected chi connectivity index (χ2v) is 7.26. The minimum atomic E-state index is -0.431. The number of carbonyl (C=O) groups excluding carboxylic acids is 1. The first-order valence-corrected chi connectivity index (χ1v) is 9.31. The van der Waals surface area contributed by atoms with E-state index in [-0.39, 0.29) is 6.04 Å². The lowest BCUT2D eigenvalue weighted by atomic mass is 9.93. The zero-order valence-electron chi connectivity index (χ0n) is 14.6. The van der Waals surface area contributed by atoms with Crippen LogP contribution in [0, 0.1) is 6.92 Å². The second kappa shape index (κ2) is 6.50. The smallest absolute Gasteiger partial charge is 0.248 e. The van der Waals surface area contributed by atoms with Gasteiger partial charge in [-0.3, -0.25) is 4.79 Å². The van der Waals surface area contributed by atoms with Crippen LogP contribution in [0.4, 0.5) is 0 Å². The molecular formula is C21H19N3OS. The van der Waals surface area contributed by atoms with Gasteiger partial charge >= 0.3 is 0 Å². The summed E-state index contributed by atoms with van der Waals surface area (Å²) in [7, 11) is 0. The Morgan fingerprint density at radius 1 is 1.08 bits per heavy atom. The highest BCUT2D eigenvalue weighted by molar-refractivity contribution is 8.16. The zero-order valence-corrected chi connectivity index (χ0v) is 15.5. The van der Waals surface area contributed by atoms with Gasteiger partial charge < -0.3 is 10.6 Å². The van der Waals surface area contributed by atoms with Crippen LogP contribution in [-0.4, -0.2) is 16.0 Å². The van der Waals surface area contributed by atoms with Crippen LogP contribution in [0.25, 0.3) is 5.70 Å². The first kappa shape index (κ1) is 16.7. The Labute approximate surface area is 157 Å². The van der Waals surface area contributed by atoms with Crippen LogP contribution in [0.3, 0.4) is 0 Å². The summed E-state index contributed by atoms with van der Waals surface area (Å²) >= 11 is 1.58. The molecular weight excluding hydrogens is 342 g/mol. The van der Waals surface area contributed by atoms with Gasteiger partial charge in [-0.15, -0.1) is 0 Å². The van der Waals surface area contributed by atoms with Gasteiger partial charge in [-0.2, -0.15) is 0 Å². The van der Waals surface area contributed by atoms with Crippen molar-refractivity contribution in [2.24, 2.45) is 10.7 Å². The Hall–Kier alpha value is -2.79. The number of carbonyl (C=O) groups is 1. The molecule has 26 heavy (non-hydrogen) atoms. The largest absolute Gasteiger partial charge is 0.366 e. The molecule has 4 rings (SSSR count). The normalized spacial score (nSPS) is 19.2. The minimum absolute atomic E-state index is 0.274. The summed E-state index contributed by atoms with van der Waals surface area (Å²) in [5.74, 6) is -0.431. The fourth-order valence-corrected chi connectivity index (χ4v) is 4.35. The van der Waals surface area contributed by atoms with Crippen molar-refractivity contribution in [3.63, 3.8) is 0 Å². The molecule has 0 aromatic heterocycles. The lowest BCUT2D eigenvalue weighted by Gasteiger charge is -2.36. The molecule has 2 aliphatic heterocycles. The lowest BCUT2D eigenvalue weighted by molar-refractivity contribution is -0.115. The number of hydrogen-bond donors (Lipinski definition) is 1. The molecule has 0 aliphatic carbocycles. The second-order valence-electron chi connectivity index (χ2n) is 6.43. The first-order valence-electron chi connectivity index (χ1n) is 8.43. The Balaban J connectivity index is 1.87. The van der Waals surface area contributed by atoms with E-state index in [0.29, 0.717) is 11.3 Å². The summed E-state index contributed by atoms with van der Waals surface area (Å²) in [6.07, 6.45) is 0. The van der Waals surface area contributed by atoms with Gasteiger partial charge in [0.1, 0.15) is 0 Å². The van der Waals surface area contributed by atoms with Gasteiger partial charge in [-0.1, -0.05) is 71.9 Å². The van der Waals surface area contributed by atoms with E-state index in [1.165, 1.54) is 5.56 Å². The fraction of sp³-hybridized carbons (Fsp3) is 0.143. The average Bonchev–Trinajstić information content (AvgIpc) is 3.05. The van der Waals surface area contributed by atoms with E-state index >= 15 is 0 Å². The van der Waals surface area contributed by atoms with Crippen molar-refractivity contribution >= 4 is 28.5 Å². The van der Waals surface area contributed by atoms with Crippen LogP contribution in [0.2, 0.25) is 0 Å². The Morgan fingerprint density at radius 3 is 2.42 bits per heavy atom. The van der Waals surface area contributed by atoms with E-state index in [1.54, 1.807) is 11.8 Å². The molecule has 2 heterocycles. The maximum Gasteiger partial charge on any atom is 0.248 e. The van der Waals surface area contributed by atoms with Crippen LogP contribution in [0.5, 0.6) is 0 Å². The molecule has 2 aliphatic rings. The van der Waals surface area contributed by atoms with Gasteiger partial charge in [-0.25, -0.2) is 4.99 Å². The van der Waals surface area contributed by atoms with E-state index in [9.17, 15) is 4.79 Å². The molecule has 4 nitrogen and oxygen atoms in total. The number of nitrogens with zero attached hydrogens (tertiary/aromatic N) is 2. The highest BCUT2D eigenvalue weighted by atomic mass is 32.2. The molecule has 0 fully saturated rings. The van der Waals surface area contributed by atoms with Crippen molar-refractivity contribution < 1.29 is 4.79 Å². The lowest BCUT2D eigenvalue weighted by Crippen LogP contribution is -2.37. The summed E-state index contributed by atoms with van der Waals surface area (Å²) in [5.41, 5.74) is 11.3. The average molecular weight is 361 g/mol. The predicted molar refractivity (Wildman–Crippen MR) is 107 cm³/mol. The third-order valence-corrected chi connectivity index (χ3v) is 5.49. The van der Waals surface area contributed by atoms with Crippen LogP contribution >= 0.6 is 11.8 Å². The molecule has 2 aromatic rings. The van der Waals surface area contributed by atoms with Crippen LogP contribution < -0.4 is 5.73 Å². The first-order chi connectivity index (χ1) is 12.6. The number of thioether (sulfide) groups is 1. The monoisotopic (exact) mass is 361 g/mol. The molecule has 130 valence electrons. The molecule has 2 aromatic carbocycles. The van der Waals surface area contributed by atoms with Crippen LogP contribution in [0.1, 0.15) is 29.7 Å². The van der Waals surface area contributed by atoms with Crippen molar-refractivity contribution in [2.45, 2.75) is 19.9 Å². The Morgan fingerprint density at radius 2 is 1.77 bits per heavy atom. The van der Waals surface area contributed by atoms with E-state index in [4.69, 9.17) is 5.73 Å².